The van der Waals surface area contributed by atoms with Crippen molar-refractivity contribution in [2.24, 2.45) is 5.10 Å². The van der Waals surface area contributed by atoms with Gasteiger partial charge in [0.2, 0.25) is 0 Å². The SMILES string of the molecule is O=C(N/N=C\c1ccco1)c1ccc([N+](=O)[O-])cc1Cl. The predicted octanol–water partition coefficient (Wildman–Crippen LogP) is 2.61. The Morgan fingerprint density at radius 2 is 2.25 bits per heavy atom. The van der Waals surface area contributed by atoms with E-state index < -0.39 is 10.8 Å². The van der Waals surface area contributed by atoms with Crippen LogP contribution in [0.1, 0.15) is 16.1 Å². The van der Waals surface area contributed by atoms with Crippen LogP contribution in [0.25, 0.3) is 0 Å². The van der Waals surface area contributed by atoms with Crippen molar-refractivity contribution in [2.75, 3.05) is 0 Å². The van der Waals surface area contributed by atoms with Crippen LogP contribution < -0.4 is 5.43 Å². The summed E-state index contributed by atoms with van der Waals surface area (Å²) < 4.78 is 4.99. The lowest BCUT2D eigenvalue weighted by molar-refractivity contribution is -0.384. The lowest BCUT2D eigenvalue weighted by Gasteiger charge is -2.02. The number of nitrogens with one attached hydrogen (secondary N) is 1. The second-order valence-electron chi connectivity index (χ2n) is 3.64. The molecule has 1 heterocycles. The molecule has 0 spiro atoms. The minimum absolute atomic E-state index is 0.0232. The van der Waals surface area contributed by atoms with Gasteiger partial charge < -0.3 is 4.42 Å². The number of hydrazone groups is 1. The molecule has 8 heteroatoms. The Morgan fingerprint density at radius 3 is 2.85 bits per heavy atom. The van der Waals surface area contributed by atoms with Crippen LogP contribution in [-0.2, 0) is 0 Å². The highest BCUT2D eigenvalue weighted by molar-refractivity contribution is 6.34. The van der Waals surface area contributed by atoms with Gasteiger partial charge in [0.25, 0.3) is 11.6 Å². The highest BCUT2D eigenvalue weighted by Gasteiger charge is 2.14. The van der Waals surface area contributed by atoms with Gasteiger partial charge in [-0.05, 0) is 18.2 Å². The molecular formula is C12H8ClN3O4. The van der Waals surface area contributed by atoms with E-state index in [1.54, 1.807) is 12.1 Å². The maximum Gasteiger partial charge on any atom is 0.272 e. The fourth-order valence-corrected chi connectivity index (χ4v) is 1.64. The summed E-state index contributed by atoms with van der Waals surface area (Å²) >= 11 is 5.81. The van der Waals surface area contributed by atoms with Gasteiger partial charge in [-0.25, -0.2) is 5.43 Å². The average molecular weight is 294 g/mol. The summed E-state index contributed by atoms with van der Waals surface area (Å²) in [7, 11) is 0. The summed E-state index contributed by atoms with van der Waals surface area (Å²) in [6, 6.07) is 6.90. The van der Waals surface area contributed by atoms with E-state index >= 15 is 0 Å². The first-order valence-electron chi connectivity index (χ1n) is 5.39. The molecule has 2 aromatic rings. The number of hydrogen-bond donors (Lipinski definition) is 1. The van der Waals surface area contributed by atoms with Gasteiger partial charge in [0.05, 0.1) is 28.0 Å². The number of hydrogen-bond acceptors (Lipinski definition) is 5. The molecule has 0 bridgehead atoms. The molecule has 0 aliphatic rings. The Balaban J connectivity index is 2.08. The van der Waals surface area contributed by atoms with Crippen molar-refractivity contribution in [3.05, 3.63) is 63.1 Å². The normalized spacial score (nSPS) is 10.7. The molecule has 0 aliphatic carbocycles. The van der Waals surface area contributed by atoms with Crippen LogP contribution in [0.4, 0.5) is 5.69 Å². The van der Waals surface area contributed by atoms with E-state index in [-0.39, 0.29) is 16.3 Å². The number of amides is 1. The third-order valence-corrected chi connectivity index (χ3v) is 2.62. The van der Waals surface area contributed by atoms with Crippen LogP contribution in [-0.4, -0.2) is 17.0 Å². The number of benzene rings is 1. The molecule has 7 nitrogen and oxygen atoms in total. The van der Waals surface area contributed by atoms with Crippen molar-refractivity contribution in [2.45, 2.75) is 0 Å². The number of non-ortho nitro benzene ring substituents is 1. The largest absolute Gasteiger partial charge is 0.463 e. The Labute approximate surface area is 118 Å². The Morgan fingerprint density at radius 1 is 1.45 bits per heavy atom. The lowest BCUT2D eigenvalue weighted by atomic mass is 10.2. The number of carbonyl (C=O) groups excluding carboxylic acids is 1. The maximum atomic E-state index is 11.8. The molecule has 0 fully saturated rings. The Hall–Kier alpha value is -2.67. The molecule has 102 valence electrons. The van der Waals surface area contributed by atoms with Crippen molar-refractivity contribution in [3.63, 3.8) is 0 Å². The van der Waals surface area contributed by atoms with Crippen molar-refractivity contribution >= 4 is 29.4 Å². The highest BCUT2D eigenvalue weighted by atomic mass is 35.5. The van der Waals surface area contributed by atoms with Crippen LogP contribution in [0.15, 0.2) is 46.1 Å². The first-order chi connectivity index (χ1) is 9.58. The van der Waals surface area contributed by atoms with Gasteiger partial charge in [0.1, 0.15) is 5.76 Å². The van der Waals surface area contributed by atoms with E-state index in [1.165, 1.54) is 24.6 Å². The quantitative estimate of drug-likeness (QED) is 0.532. The van der Waals surface area contributed by atoms with E-state index in [4.69, 9.17) is 16.0 Å². The minimum Gasteiger partial charge on any atom is -0.463 e. The smallest absolute Gasteiger partial charge is 0.272 e. The zero-order chi connectivity index (χ0) is 14.5. The first-order valence-corrected chi connectivity index (χ1v) is 5.76. The van der Waals surface area contributed by atoms with Gasteiger partial charge in [-0.1, -0.05) is 11.6 Å². The van der Waals surface area contributed by atoms with Gasteiger partial charge in [-0.15, -0.1) is 0 Å². The van der Waals surface area contributed by atoms with Gasteiger partial charge in [-0.2, -0.15) is 5.10 Å². The lowest BCUT2D eigenvalue weighted by Crippen LogP contribution is -2.18. The number of nitro groups is 1. The summed E-state index contributed by atoms with van der Waals surface area (Å²) in [6.45, 7) is 0. The van der Waals surface area contributed by atoms with Crippen LogP contribution >= 0.6 is 11.6 Å². The van der Waals surface area contributed by atoms with Crippen molar-refractivity contribution < 1.29 is 14.1 Å². The summed E-state index contributed by atoms with van der Waals surface area (Å²) in [4.78, 5) is 21.7. The first kappa shape index (κ1) is 13.8. The zero-order valence-corrected chi connectivity index (χ0v) is 10.7. The van der Waals surface area contributed by atoms with E-state index in [1.807, 2.05) is 0 Å². The second-order valence-corrected chi connectivity index (χ2v) is 4.04. The number of nitro benzene ring substituents is 1. The van der Waals surface area contributed by atoms with Crippen molar-refractivity contribution in [1.82, 2.24) is 5.43 Å². The van der Waals surface area contributed by atoms with Crippen molar-refractivity contribution in [3.8, 4) is 0 Å². The molecule has 0 radical (unpaired) electrons. The monoisotopic (exact) mass is 293 g/mol. The van der Waals surface area contributed by atoms with E-state index in [0.29, 0.717) is 5.76 Å². The summed E-state index contributed by atoms with van der Waals surface area (Å²) in [5.41, 5.74) is 2.15. The maximum absolute atomic E-state index is 11.8. The molecule has 20 heavy (non-hydrogen) atoms. The standard InChI is InChI=1S/C12H8ClN3O4/c13-11-6-8(16(18)19)3-4-10(11)12(17)15-14-7-9-2-1-5-20-9/h1-7H,(H,15,17)/b14-7-. The number of halogens is 1. The Bertz CT molecular complexity index is 667. The molecule has 0 atom stereocenters. The molecule has 0 saturated heterocycles. The van der Waals surface area contributed by atoms with Crippen LogP contribution in [0, 0.1) is 10.1 Å². The van der Waals surface area contributed by atoms with E-state index in [2.05, 4.69) is 10.5 Å². The van der Waals surface area contributed by atoms with Crippen LogP contribution in [0.2, 0.25) is 5.02 Å². The fraction of sp³-hybridized carbons (Fsp3) is 0. The Kier molecular flexibility index (Phi) is 4.11. The molecule has 2 rings (SSSR count). The molecule has 1 N–H and O–H groups in total. The van der Waals surface area contributed by atoms with Crippen LogP contribution in [0.3, 0.4) is 0 Å². The fourth-order valence-electron chi connectivity index (χ4n) is 1.38. The molecular weight excluding hydrogens is 286 g/mol. The molecule has 1 amide bonds. The summed E-state index contributed by atoms with van der Waals surface area (Å²) in [6.07, 6.45) is 2.79. The number of rotatable bonds is 4. The second kappa shape index (κ2) is 5.98. The van der Waals surface area contributed by atoms with Crippen molar-refractivity contribution in [1.29, 1.82) is 0 Å². The predicted molar refractivity (Wildman–Crippen MR) is 71.9 cm³/mol. The third-order valence-electron chi connectivity index (χ3n) is 2.31. The molecule has 1 aromatic carbocycles. The highest BCUT2D eigenvalue weighted by Crippen LogP contribution is 2.22. The average Bonchev–Trinajstić information content (AvgIpc) is 2.91. The van der Waals surface area contributed by atoms with Gasteiger partial charge in [-0.3, -0.25) is 14.9 Å². The molecule has 0 saturated carbocycles. The molecule has 0 aliphatic heterocycles. The zero-order valence-electron chi connectivity index (χ0n) is 9.95. The van der Waals surface area contributed by atoms with Gasteiger partial charge in [0, 0.05) is 12.1 Å². The van der Waals surface area contributed by atoms with Crippen LogP contribution in [0.5, 0.6) is 0 Å². The van der Waals surface area contributed by atoms with E-state index in [9.17, 15) is 14.9 Å². The van der Waals surface area contributed by atoms with E-state index in [0.717, 1.165) is 6.07 Å². The molecule has 0 unspecified atom stereocenters. The van der Waals surface area contributed by atoms with Gasteiger partial charge in [0.15, 0.2) is 0 Å². The summed E-state index contributed by atoms with van der Waals surface area (Å²) in [5, 5.41) is 14.2. The number of nitrogens with zero attached hydrogens (tertiary/aromatic N) is 2. The number of carbonyl (C=O) groups is 1. The number of furan rings is 1. The summed E-state index contributed by atoms with van der Waals surface area (Å²) in [5.74, 6) is -0.104. The van der Waals surface area contributed by atoms with Gasteiger partial charge >= 0.3 is 0 Å². The minimum atomic E-state index is -0.595. The molecule has 1 aromatic heterocycles. The topological polar surface area (TPSA) is 97.7 Å². The third kappa shape index (κ3) is 3.21.